The first-order chi connectivity index (χ1) is 9.31. The van der Waals surface area contributed by atoms with Crippen molar-refractivity contribution in [2.45, 2.75) is 37.8 Å². The van der Waals surface area contributed by atoms with Crippen LogP contribution in [0.3, 0.4) is 0 Å². The summed E-state index contributed by atoms with van der Waals surface area (Å²) in [7, 11) is 0. The molecule has 1 heterocycles. The Balaban J connectivity index is 1.66. The standard InChI is InChI=1S/C14H18N4O/c15-11-2-1-3-13(8-11)17-12-6-4-10(5-7-12)14-18-16-9-19-14/h4-7,9,11,13,17H,1-3,8,15H2. The van der Waals surface area contributed by atoms with E-state index in [2.05, 4.69) is 15.5 Å². The molecule has 1 aliphatic carbocycles. The second-order valence-electron chi connectivity index (χ2n) is 5.09. The Kier molecular flexibility index (Phi) is 3.46. The van der Waals surface area contributed by atoms with E-state index in [-0.39, 0.29) is 0 Å². The van der Waals surface area contributed by atoms with Crippen LogP contribution in [0.5, 0.6) is 0 Å². The highest BCUT2D eigenvalue weighted by molar-refractivity contribution is 5.58. The normalized spacial score (nSPS) is 23.2. The summed E-state index contributed by atoms with van der Waals surface area (Å²) in [4.78, 5) is 0. The molecule has 1 saturated carbocycles. The lowest BCUT2D eigenvalue weighted by molar-refractivity contribution is 0.409. The molecule has 3 rings (SSSR count). The molecule has 1 aromatic heterocycles. The van der Waals surface area contributed by atoms with Crippen molar-refractivity contribution in [3.05, 3.63) is 30.7 Å². The fourth-order valence-corrected chi connectivity index (χ4v) is 2.60. The van der Waals surface area contributed by atoms with Gasteiger partial charge in [0.15, 0.2) is 0 Å². The second-order valence-corrected chi connectivity index (χ2v) is 5.09. The molecule has 1 aliphatic rings. The monoisotopic (exact) mass is 258 g/mol. The summed E-state index contributed by atoms with van der Waals surface area (Å²) in [5, 5.41) is 11.1. The van der Waals surface area contributed by atoms with Gasteiger partial charge in [-0.05, 0) is 49.9 Å². The molecule has 5 heteroatoms. The van der Waals surface area contributed by atoms with E-state index in [1.165, 1.54) is 19.2 Å². The van der Waals surface area contributed by atoms with Crippen molar-refractivity contribution >= 4 is 5.69 Å². The van der Waals surface area contributed by atoms with Gasteiger partial charge in [0.25, 0.3) is 0 Å². The molecular weight excluding hydrogens is 240 g/mol. The summed E-state index contributed by atoms with van der Waals surface area (Å²) in [5.41, 5.74) is 8.05. The highest BCUT2D eigenvalue weighted by Crippen LogP contribution is 2.23. The maximum Gasteiger partial charge on any atom is 0.247 e. The van der Waals surface area contributed by atoms with Gasteiger partial charge < -0.3 is 15.5 Å². The minimum absolute atomic E-state index is 0.337. The van der Waals surface area contributed by atoms with Crippen molar-refractivity contribution in [3.63, 3.8) is 0 Å². The fraction of sp³-hybridized carbons (Fsp3) is 0.429. The Hall–Kier alpha value is -1.88. The molecule has 0 saturated heterocycles. The third kappa shape index (κ3) is 2.93. The number of hydrogen-bond acceptors (Lipinski definition) is 5. The second kappa shape index (κ2) is 5.40. The largest absolute Gasteiger partial charge is 0.423 e. The van der Waals surface area contributed by atoms with Gasteiger partial charge in [0.2, 0.25) is 12.3 Å². The van der Waals surface area contributed by atoms with Crippen molar-refractivity contribution < 1.29 is 4.42 Å². The molecule has 1 fully saturated rings. The van der Waals surface area contributed by atoms with Crippen LogP contribution in [-0.4, -0.2) is 22.3 Å². The molecule has 0 radical (unpaired) electrons. The van der Waals surface area contributed by atoms with Crippen LogP contribution in [0, 0.1) is 0 Å². The molecule has 100 valence electrons. The Bertz CT molecular complexity index is 509. The molecule has 19 heavy (non-hydrogen) atoms. The average Bonchev–Trinajstić information content (AvgIpc) is 2.94. The summed E-state index contributed by atoms with van der Waals surface area (Å²) in [6, 6.07) is 8.87. The van der Waals surface area contributed by atoms with E-state index in [4.69, 9.17) is 10.2 Å². The predicted octanol–water partition coefficient (Wildman–Crippen LogP) is 2.42. The van der Waals surface area contributed by atoms with E-state index in [1.807, 2.05) is 24.3 Å². The maximum atomic E-state index is 6.00. The number of nitrogens with one attached hydrogen (secondary N) is 1. The van der Waals surface area contributed by atoms with Crippen LogP contribution < -0.4 is 11.1 Å². The first-order valence-electron chi connectivity index (χ1n) is 6.70. The summed E-state index contributed by atoms with van der Waals surface area (Å²) in [6.45, 7) is 0. The number of nitrogens with zero attached hydrogens (tertiary/aromatic N) is 2. The van der Waals surface area contributed by atoms with E-state index in [9.17, 15) is 0 Å². The molecule has 5 nitrogen and oxygen atoms in total. The number of aromatic nitrogens is 2. The lowest BCUT2D eigenvalue weighted by atomic mass is 9.91. The van der Waals surface area contributed by atoms with Crippen LogP contribution in [0.15, 0.2) is 35.1 Å². The molecule has 2 atom stereocenters. The summed E-state index contributed by atoms with van der Waals surface area (Å²) < 4.78 is 5.16. The molecule has 0 amide bonds. The lowest BCUT2D eigenvalue weighted by Crippen LogP contribution is -2.34. The minimum Gasteiger partial charge on any atom is -0.423 e. The minimum atomic E-state index is 0.337. The van der Waals surface area contributed by atoms with Crippen LogP contribution in [0.2, 0.25) is 0 Å². The van der Waals surface area contributed by atoms with Gasteiger partial charge in [-0.1, -0.05) is 0 Å². The smallest absolute Gasteiger partial charge is 0.247 e. The van der Waals surface area contributed by atoms with Crippen LogP contribution in [0.1, 0.15) is 25.7 Å². The summed E-state index contributed by atoms with van der Waals surface area (Å²) in [5.74, 6) is 0.547. The van der Waals surface area contributed by atoms with Gasteiger partial charge in [0.1, 0.15) is 0 Å². The molecule has 0 spiro atoms. The van der Waals surface area contributed by atoms with Crippen molar-refractivity contribution in [3.8, 4) is 11.5 Å². The number of rotatable bonds is 3. The van der Waals surface area contributed by atoms with Gasteiger partial charge in [-0.2, -0.15) is 0 Å². The number of nitrogens with two attached hydrogens (primary N) is 1. The third-order valence-corrected chi connectivity index (χ3v) is 3.58. The van der Waals surface area contributed by atoms with Gasteiger partial charge in [-0.3, -0.25) is 0 Å². The van der Waals surface area contributed by atoms with E-state index in [1.54, 1.807) is 0 Å². The van der Waals surface area contributed by atoms with E-state index < -0.39 is 0 Å². The molecule has 0 bridgehead atoms. The van der Waals surface area contributed by atoms with E-state index in [0.717, 1.165) is 24.1 Å². The number of anilines is 1. The molecule has 3 N–H and O–H groups in total. The van der Waals surface area contributed by atoms with Crippen molar-refractivity contribution in [2.75, 3.05) is 5.32 Å². The lowest BCUT2D eigenvalue weighted by Gasteiger charge is -2.28. The van der Waals surface area contributed by atoms with E-state index in [0.29, 0.717) is 18.0 Å². The Morgan fingerprint density at radius 3 is 2.74 bits per heavy atom. The Morgan fingerprint density at radius 2 is 2.05 bits per heavy atom. The zero-order chi connectivity index (χ0) is 13.1. The maximum absolute atomic E-state index is 6.00. The topological polar surface area (TPSA) is 77.0 Å². The quantitative estimate of drug-likeness (QED) is 0.884. The van der Waals surface area contributed by atoms with Gasteiger partial charge >= 0.3 is 0 Å². The average molecular weight is 258 g/mol. The van der Waals surface area contributed by atoms with Gasteiger partial charge in [0, 0.05) is 23.3 Å². The first kappa shape index (κ1) is 12.2. The van der Waals surface area contributed by atoms with Crippen LogP contribution in [0.25, 0.3) is 11.5 Å². The molecule has 0 aliphatic heterocycles. The fourth-order valence-electron chi connectivity index (χ4n) is 2.60. The molecular formula is C14H18N4O. The van der Waals surface area contributed by atoms with Crippen molar-refractivity contribution in [1.29, 1.82) is 0 Å². The van der Waals surface area contributed by atoms with Gasteiger partial charge in [-0.15, -0.1) is 10.2 Å². The summed E-state index contributed by atoms with van der Waals surface area (Å²) >= 11 is 0. The van der Waals surface area contributed by atoms with Gasteiger partial charge in [0.05, 0.1) is 0 Å². The molecule has 2 aromatic rings. The van der Waals surface area contributed by atoms with E-state index >= 15 is 0 Å². The highest BCUT2D eigenvalue weighted by atomic mass is 16.4. The van der Waals surface area contributed by atoms with Crippen LogP contribution in [0.4, 0.5) is 5.69 Å². The summed E-state index contributed by atoms with van der Waals surface area (Å²) in [6.07, 6.45) is 5.93. The van der Waals surface area contributed by atoms with Crippen LogP contribution in [-0.2, 0) is 0 Å². The molecule has 2 unspecified atom stereocenters. The number of hydrogen-bond donors (Lipinski definition) is 2. The van der Waals surface area contributed by atoms with Crippen LogP contribution >= 0.6 is 0 Å². The first-order valence-corrected chi connectivity index (χ1v) is 6.70. The van der Waals surface area contributed by atoms with Crippen molar-refractivity contribution in [1.82, 2.24) is 10.2 Å². The Morgan fingerprint density at radius 1 is 1.21 bits per heavy atom. The highest BCUT2D eigenvalue weighted by Gasteiger charge is 2.18. The van der Waals surface area contributed by atoms with Crippen molar-refractivity contribution in [2.24, 2.45) is 5.73 Å². The third-order valence-electron chi connectivity index (χ3n) is 3.58. The zero-order valence-corrected chi connectivity index (χ0v) is 10.7. The van der Waals surface area contributed by atoms with Gasteiger partial charge in [-0.25, -0.2) is 0 Å². The Labute approximate surface area is 112 Å². The molecule has 1 aromatic carbocycles. The SMILES string of the molecule is NC1CCCC(Nc2ccc(-c3nnco3)cc2)C1. The zero-order valence-electron chi connectivity index (χ0n) is 10.7. The number of benzene rings is 1. The predicted molar refractivity (Wildman–Crippen MR) is 73.6 cm³/mol.